The number of likely N-dealkylation sites (tertiary alicyclic amines) is 1. The van der Waals surface area contributed by atoms with Crippen molar-refractivity contribution in [2.24, 2.45) is 5.92 Å². The molecular weight excluding hydrogens is 256 g/mol. The van der Waals surface area contributed by atoms with Crippen molar-refractivity contribution in [2.45, 2.75) is 32.2 Å². The van der Waals surface area contributed by atoms with Gasteiger partial charge in [0.15, 0.2) is 0 Å². The first-order chi connectivity index (χ1) is 9.26. The Kier molecular flexibility index (Phi) is 4.11. The fourth-order valence-corrected chi connectivity index (χ4v) is 3.67. The number of nitrogens with zero attached hydrogens (tertiary/aromatic N) is 1. The standard InChI is InChI=1S/C16H23ClN2/c1-2-19-8-7-12(11-19)10-18-16-6-3-13-9-14(17)4-5-15(13)16/h4-5,9,12,16,18H,2-3,6-8,10-11H2,1H3. The minimum absolute atomic E-state index is 0.544. The predicted molar refractivity (Wildman–Crippen MR) is 80.7 cm³/mol. The van der Waals surface area contributed by atoms with Crippen molar-refractivity contribution in [3.63, 3.8) is 0 Å². The van der Waals surface area contributed by atoms with Gasteiger partial charge in [-0.05, 0) is 68.1 Å². The Morgan fingerprint density at radius 2 is 2.26 bits per heavy atom. The van der Waals surface area contributed by atoms with E-state index in [2.05, 4.69) is 29.3 Å². The summed E-state index contributed by atoms with van der Waals surface area (Å²) in [4.78, 5) is 2.55. The number of rotatable bonds is 4. The molecule has 0 radical (unpaired) electrons. The van der Waals surface area contributed by atoms with Gasteiger partial charge in [0.25, 0.3) is 0 Å². The van der Waals surface area contributed by atoms with Crippen LogP contribution >= 0.6 is 11.6 Å². The average Bonchev–Trinajstić information content (AvgIpc) is 3.02. The molecule has 2 aliphatic rings. The first-order valence-corrected chi connectivity index (χ1v) is 7.88. The molecule has 1 aliphatic carbocycles. The summed E-state index contributed by atoms with van der Waals surface area (Å²) in [5.74, 6) is 0.830. The minimum Gasteiger partial charge on any atom is -0.310 e. The Labute approximate surface area is 121 Å². The third kappa shape index (κ3) is 2.96. The van der Waals surface area contributed by atoms with E-state index in [-0.39, 0.29) is 0 Å². The van der Waals surface area contributed by atoms with Crippen LogP contribution in [0.25, 0.3) is 0 Å². The highest BCUT2D eigenvalue weighted by Crippen LogP contribution is 2.33. The van der Waals surface area contributed by atoms with E-state index in [1.165, 1.54) is 50.0 Å². The lowest BCUT2D eigenvalue weighted by atomic mass is 10.1. The Balaban J connectivity index is 1.55. The van der Waals surface area contributed by atoms with Crippen LogP contribution in [0.1, 0.15) is 36.9 Å². The summed E-state index contributed by atoms with van der Waals surface area (Å²) >= 11 is 6.06. The van der Waals surface area contributed by atoms with Gasteiger partial charge in [0, 0.05) is 17.6 Å². The summed E-state index contributed by atoms with van der Waals surface area (Å²) in [7, 11) is 0. The van der Waals surface area contributed by atoms with Crippen molar-refractivity contribution in [1.29, 1.82) is 0 Å². The highest BCUT2D eigenvalue weighted by molar-refractivity contribution is 6.30. The molecule has 1 aliphatic heterocycles. The molecule has 1 aromatic carbocycles. The fraction of sp³-hybridized carbons (Fsp3) is 0.625. The number of nitrogens with one attached hydrogen (secondary N) is 1. The van der Waals surface area contributed by atoms with E-state index >= 15 is 0 Å². The topological polar surface area (TPSA) is 15.3 Å². The third-order valence-corrected chi connectivity index (χ3v) is 4.89. The van der Waals surface area contributed by atoms with Gasteiger partial charge in [-0.2, -0.15) is 0 Å². The van der Waals surface area contributed by atoms with Crippen LogP contribution in [-0.4, -0.2) is 31.1 Å². The van der Waals surface area contributed by atoms with Crippen molar-refractivity contribution >= 4 is 11.6 Å². The Morgan fingerprint density at radius 1 is 1.37 bits per heavy atom. The van der Waals surface area contributed by atoms with Crippen LogP contribution in [0.2, 0.25) is 5.02 Å². The van der Waals surface area contributed by atoms with Crippen molar-refractivity contribution in [3.8, 4) is 0 Å². The minimum atomic E-state index is 0.544. The second-order valence-corrected chi connectivity index (χ2v) is 6.33. The number of benzene rings is 1. The van der Waals surface area contributed by atoms with Crippen LogP contribution in [0.15, 0.2) is 18.2 Å². The van der Waals surface area contributed by atoms with E-state index in [4.69, 9.17) is 11.6 Å². The van der Waals surface area contributed by atoms with E-state index in [9.17, 15) is 0 Å². The first-order valence-electron chi connectivity index (χ1n) is 7.50. The highest BCUT2D eigenvalue weighted by Gasteiger charge is 2.25. The fourth-order valence-electron chi connectivity index (χ4n) is 3.47. The highest BCUT2D eigenvalue weighted by atomic mass is 35.5. The Hall–Kier alpha value is -0.570. The van der Waals surface area contributed by atoms with E-state index in [0.717, 1.165) is 17.5 Å². The monoisotopic (exact) mass is 278 g/mol. The lowest BCUT2D eigenvalue weighted by Crippen LogP contribution is -2.28. The normalized spacial score (nSPS) is 26.8. The van der Waals surface area contributed by atoms with Crippen LogP contribution in [0.3, 0.4) is 0 Å². The SMILES string of the molecule is CCN1CCC(CNC2CCc3cc(Cl)ccc32)C1. The predicted octanol–water partition coefficient (Wildman–Crippen LogP) is 3.26. The molecule has 2 nitrogen and oxygen atoms in total. The van der Waals surface area contributed by atoms with Crippen LogP contribution in [0.5, 0.6) is 0 Å². The quantitative estimate of drug-likeness (QED) is 0.909. The van der Waals surface area contributed by atoms with Crippen molar-refractivity contribution in [2.75, 3.05) is 26.2 Å². The Morgan fingerprint density at radius 3 is 3.05 bits per heavy atom. The summed E-state index contributed by atoms with van der Waals surface area (Å²) in [5.41, 5.74) is 2.90. The number of aryl methyl sites for hydroxylation is 1. The van der Waals surface area contributed by atoms with Gasteiger partial charge in [0.2, 0.25) is 0 Å². The molecule has 0 amide bonds. The van der Waals surface area contributed by atoms with Crippen LogP contribution < -0.4 is 5.32 Å². The molecule has 1 saturated heterocycles. The molecule has 1 aromatic rings. The molecule has 3 heteroatoms. The van der Waals surface area contributed by atoms with Crippen LogP contribution in [0.4, 0.5) is 0 Å². The lowest BCUT2D eigenvalue weighted by Gasteiger charge is -2.18. The maximum absolute atomic E-state index is 6.06. The number of hydrogen-bond donors (Lipinski definition) is 1. The molecule has 104 valence electrons. The van der Waals surface area contributed by atoms with Gasteiger partial charge < -0.3 is 10.2 Å². The molecule has 19 heavy (non-hydrogen) atoms. The average molecular weight is 279 g/mol. The van der Waals surface area contributed by atoms with Crippen molar-refractivity contribution in [3.05, 3.63) is 34.3 Å². The van der Waals surface area contributed by atoms with E-state index in [0.29, 0.717) is 6.04 Å². The van der Waals surface area contributed by atoms with Gasteiger partial charge in [-0.15, -0.1) is 0 Å². The number of fused-ring (bicyclic) bond motifs is 1. The molecule has 1 fully saturated rings. The van der Waals surface area contributed by atoms with Gasteiger partial charge in [0.05, 0.1) is 0 Å². The van der Waals surface area contributed by atoms with Crippen molar-refractivity contribution in [1.82, 2.24) is 10.2 Å². The summed E-state index contributed by atoms with van der Waals surface area (Å²) < 4.78 is 0. The van der Waals surface area contributed by atoms with Crippen LogP contribution in [0, 0.1) is 5.92 Å². The summed E-state index contributed by atoms with van der Waals surface area (Å²) in [6, 6.07) is 6.90. The maximum Gasteiger partial charge on any atom is 0.0408 e. The molecule has 0 bridgehead atoms. The summed E-state index contributed by atoms with van der Waals surface area (Å²) in [6.07, 6.45) is 3.74. The second kappa shape index (κ2) is 5.82. The van der Waals surface area contributed by atoms with Crippen LogP contribution in [-0.2, 0) is 6.42 Å². The molecule has 3 rings (SSSR count). The zero-order valence-corrected chi connectivity index (χ0v) is 12.4. The zero-order valence-electron chi connectivity index (χ0n) is 11.7. The molecule has 0 aromatic heterocycles. The molecule has 1 N–H and O–H groups in total. The van der Waals surface area contributed by atoms with Crippen molar-refractivity contribution < 1.29 is 0 Å². The number of hydrogen-bond acceptors (Lipinski definition) is 2. The summed E-state index contributed by atoms with van der Waals surface area (Å²) in [6.45, 7) is 7.15. The van der Waals surface area contributed by atoms with Gasteiger partial charge in [-0.25, -0.2) is 0 Å². The largest absolute Gasteiger partial charge is 0.310 e. The molecule has 0 saturated carbocycles. The van der Waals surface area contributed by atoms with Gasteiger partial charge in [-0.3, -0.25) is 0 Å². The zero-order chi connectivity index (χ0) is 13.2. The van der Waals surface area contributed by atoms with E-state index in [1.54, 1.807) is 0 Å². The molecular formula is C16H23ClN2. The van der Waals surface area contributed by atoms with Gasteiger partial charge in [-0.1, -0.05) is 24.6 Å². The molecule has 2 atom stereocenters. The third-order valence-electron chi connectivity index (χ3n) is 4.65. The van der Waals surface area contributed by atoms with E-state index < -0.39 is 0 Å². The first kappa shape index (κ1) is 13.4. The van der Waals surface area contributed by atoms with Gasteiger partial charge in [0.1, 0.15) is 0 Å². The smallest absolute Gasteiger partial charge is 0.0408 e. The number of halogens is 1. The second-order valence-electron chi connectivity index (χ2n) is 5.89. The molecule has 0 spiro atoms. The lowest BCUT2D eigenvalue weighted by molar-refractivity contribution is 0.335. The summed E-state index contributed by atoms with van der Waals surface area (Å²) in [5, 5.41) is 4.64. The molecule has 1 heterocycles. The molecule has 2 unspecified atom stereocenters. The van der Waals surface area contributed by atoms with Gasteiger partial charge >= 0.3 is 0 Å². The maximum atomic E-state index is 6.06. The Bertz CT molecular complexity index is 446. The van der Waals surface area contributed by atoms with E-state index in [1.807, 2.05) is 6.07 Å².